The van der Waals surface area contributed by atoms with Crippen molar-refractivity contribution in [2.75, 3.05) is 20.2 Å². The predicted molar refractivity (Wildman–Crippen MR) is 197 cm³/mol. The van der Waals surface area contributed by atoms with E-state index >= 15 is 0 Å². The second-order valence-electron chi connectivity index (χ2n) is 14.5. The van der Waals surface area contributed by atoms with Crippen LogP contribution < -0.4 is 5.32 Å². The lowest BCUT2D eigenvalue weighted by Crippen LogP contribution is -2.51. The Labute approximate surface area is 301 Å². The summed E-state index contributed by atoms with van der Waals surface area (Å²) in [5.74, 6) is 1.29. The number of alkyl carbamates (subject to hydrolysis) is 1. The molecular weight excluding hydrogens is 658 g/mol. The first-order valence-electron chi connectivity index (χ1n) is 18.1. The van der Waals surface area contributed by atoms with E-state index in [1.165, 1.54) is 17.6 Å². The molecule has 2 aromatic heterocycles. The van der Waals surface area contributed by atoms with Crippen molar-refractivity contribution in [1.29, 1.82) is 0 Å². The smallest absolute Gasteiger partial charge is 0.407 e. The van der Waals surface area contributed by atoms with Crippen molar-refractivity contribution in [3.05, 3.63) is 83.7 Å². The number of hydrogen-bond donors (Lipinski definition) is 4. The SMILES string of the molecule is COC(=O)NC(C(=O)N1CCCC1c1nc2c([nH]1)CCc1cc(-c3ccc4cc(-c5cnc(C6CCCN6C(=O)O)[nH]5)ccc4c3)ccc1-2)C(C)C. The summed E-state index contributed by atoms with van der Waals surface area (Å²) in [5.41, 5.74) is 8.56. The molecule has 4 heterocycles. The van der Waals surface area contributed by atoms with Gasteiger partial charge >= 0.3 is 12.2 Å². The summed E-state index contributed by atoms with van der Waals surface area (Å²) in [6.45, 7) is 4.99. The van der Waals surface area contributed by atoms with Gasteiger partial charge in [-0.3, -0.25) is 9.69 Å². The number of imidazole rings is 2. The summed E-state index contributed by atoms with van der Waals surface area (Å²) in [4.78, 5) is 57.2. The number of H-pyrrole nitrogens is 2. The van der Waals surface area contributed by atoms with Gasteiger partial charge in [0.05, 0.1) is 36.8 Å². The van der Waals surface area contributed by atoms with E-state index in [1.807, 2.05) is 18.7 Å². The molecule has 3 aromatic carbocycles. The van der Waals surface area contributed by atoms with E-state index in [4.69, 9.17) is 9.72 Å². The summed E-state index contributed by atoms with van der Waals surface area (Å²) >= 11 is 0. The lowest BCUT2D eigenvalue weighted by Gasteiger charge is -2.30. The first-order chi connectivity index (χ1) is 25.2. The molecule has 0 bridgehead atoms. The summed E-state index contributed by atoms with van der Waals surface area (Å²) < 4.78 is 4.78. The van der Waals surface area contributed by atoms with Crippen LogP contribution >= 0.6 is 0 Å². The zero-order valence-corrected chi connectivity index (χ0v) is 29.6. The van der Waals surface area contributed by atoms with E-state index < -0.39 is 18.2 Å². The van der Waals surface area contributed by atoms with Crippen LogP contribution in [0.5, 0.6) is 0 Å². The van der Waals surface area contributed by atoms with Crippen molar-refractivity contribution in [3.63, 3.8) is 0 Å². The maximum Gasteiger partial charge on any atom is 0.407 e. The van der Waals surface area contributed by atoms with E-state index in [9.17, 15) is 19.5 Å². The molecule has 0 saturated carbocycles. The monoisotopic (exact) mass is 701 g/mol. The number of methoxy groups -OCH3 is 1. The van der Waals surface area contributed by atoms with Gasteiger partial charge in [0.25, 0.3) is 0 Å². The number of aromatic nitrogens is 4. The number of fused-ring (bicyclic) bond motifs is 4. The van der Waals surface area contributed by atoms with Gasteiger partial charge in [0.1, 0.15) is 17.7 Å². The first-order valence-corrected chi connectivity index (χ1v) is 18.1. The van der Waals surface area contributed by atoms with E-state index in [2.05, 4.69) is 74.9 Å². The molecule has 4 N–H and O–H groups in total. The van der Waals surface area contributed by atoms with Crippen LogP contribution in [0.1, 0.15) is 74.5 Å². The van der Waals surface area contributed by atoms with E-state index in [-0.39, 0.29) is 23.9 Å². The summed E-state index contributed by atoms with van der Waals surface area (Å²) in [6.07, 6.45) is 5.28. The molecule has 0 spiro atoms. The molecule has 0 radical (unpaired) electrons. The van der Waals surface area contributed by atoms with Gasteiger partial charge in [0, 0.05) is 29.9 Å². The zero-order chi connectivity index (χ0) is 36.1. The normalized spacial score (nSPS) is 18.8. The Hall–Kier alpha value is -5.65. The number of ether oxygens (including phenoxy) is 1. The van der Waals surface area contributed by atoms with Crippen LogP contribution in [0.4, 0.5) is 9.59 Å². The van der Waals surface area contributed by atoms with Crippen LogP contribution in [0.25, 0.3) is 44.4 Å². The average Bonchev–Trinajstić information content (AvgIpc) is 3.98. The number of carbonyl (C=O) groups is 3. The quantitative estimate of drug-likeness (QED) is 0.139. The van der Waals surface area contributed by atoms with Crippen molar-refractivity contribution in [3.8, 4) is 33.6 Å². The Morgan fingerprint density at radius 2 is 1.54 bits per heavy atom. The molecule has 1 aliphatic carbocycles. The summed E-state index contributed by atoms with van der Waals surface area (Å²) in [6, 6.07) is 18.4. The van der Waals surface area contributed by atoms with E-state index in [0.29, 0.717) is 18.9 Å². The van der Waals surface area contributed by atoms with E-state index in [0.717, 1.165) is 94.5 Å². The molecule has 2 fully saturated rings. The lowest BCUT2D eigenvalue weighted by atomic mass is 9.89. The molecule has 3 amide bonds. The predicted octanol–water partition coefficient (Wildman–Crippen LogP) is 7.24. The Morgan fingerprint density at radius 1 is 0.865 bits per heavy atom. The molecular formula is C40H43N7O5. The van der Waals surface area contributed by atoms with Crippen molar-refractivity contribution >= 4 is 28.9 Å². The fourth-order valence-corrected chi connectivity index (χ4v) is 8.18. The van der Waals surface area contributed by atoms with Gasteiger partial charge in [0.2, 0.25) is 5.91 Å². The summed E-state index contributed by atoms with van der Waals surface area (Å²) in [7, 11) is 1.30. The molecule has 3 atom stereocenters. The highest BCUT2D eigenvalue weighted by atomic mass is 16.5. The topological polar surface area (TPSA) is 157 Å². The maximum atomic E-state index is 13.7. The second-order valence-corrected chi connectivity index (χ2v) is 14.5. The van der Waals surface area contributed by atoms with Gasteiger partial charge in [-0.15, -0.1) is 0 Å². The van der Waals surface area contributed by atoms with Gasteiger partial charge in [-0.05, 0) is 84.0 Å². The Bertz CT molecular complexity index is 2190. The van der Waals surface area contributed by atoms with Crippen LogP contribution in [-0.4, -0.2) is 79.2 Å². The average molecular weight is 702 g/mol. The highest BCUT2D eigenvalue weighted by Crippen LogP contribution is 2.39. The van der Waals surface area contributed by atoms with Crippen LogP contribution in [0, 0.1) is 5.92 Å². The van der Waals surface area contributed by atoms with Gasteiger partial charge in [0.15, 0.2) is 0 Å². The number of benzene rings is 3. The number of rotatable bonds is 7. The standard InChI is InChI=1S/C40H43N7O5/c1-22(2)34(45-39(49)52-3)38(48)46-16-4-7-33(46)37-42-30-15-13-27-19-26(12-14-29(27)35(30)44-37)23-8-9-25-20-28(11-10-24(25)18-23)31-21-41-36(43-31)32-6-5-17-47(32)40(50)51/h8-12,14,18-22,32-34H,4-7,13,15-17H2,1-3H3,(H,41,43)(H,42,44)(H,45,49)(H,50,51). The number of likely N-dealkylation sites (tertiary alicyclic amines) is 2. The van der Waals surface area contributed by atoms with Crippen molar-refractivity contribution in [2.24, 2.45) is 5.92 Å². The van der Waals surface area contributed by atoms with E-state index in [1.54, 1.807) is 6.20 Å². The highest BCUT2D eigenvalue weighted by Gasteiger charge is 2.38. The molecule has 2 aliphatic heterocycles. The number of carbonyl (C=O) groups excluding carboxylic acids is 2. The minimum atomic E-state index is -0.908. The van der Waals surface area contributed by atoms with Crippen LogP contribution in [-0.2, 0) is 22.4 Å². The number of aromatic amines is 2. The van der Waals surface area contributed by atoms with Gasteiger partial charge < -0.3 is 30.0 Å². The van der Waals surface area contributed by atoms with Gasteiger partial charge in [-0.1, -0.05) is 56.3 Å². The Kier molecular flexibility index (Phi) is 8.68. The number of carboxylic acid groups (broad SMARTS) is 1. The molecule has 5 aromatic rings. The van der Waals surface area contributed by atoms with Crippen LogP contribution in [0.15, 0.2) is 60.8 Å². The molecule has 2 saturated heterocycles. The third-order valence-electron chi connectivity index (χ3n) is 10.9. The van der Waals surface area contributed by atoms with Crippen molar-refractivity contribution in [2.45, 2.75) is 70.5 Å². The molecule has 52 heavy (non-hydrogen) atoms. The molecule has 12 heteroatoms. The molecule has 268 valence electrons. The number of nitrogens with one attached hydrogen (secondary N) is 3. The molecule has 3 unspecified atom stereocenters. The molecule has 8 rings (SSSR count). The third kappa shape index (κ3) is 6.05. The maximum absolute atomic E-state index is 13.7. The minimum absolute atomic E-state index is 0.0919. The number of amides is 3. The fraction of sp³-hybridized carbons (Fsp3) is 0.375. The largest absolute Gasteiger partial charge is 0.465 e. The van der Waals surface area contributed by atoms with Crippen LogP contribution in [0.2, 0.25) is 0 Å². The van der Waals surface area contributed by atoms with Gasteiger partial charge in [-0.2, -0.15) is 0 Å². The first kappa shape index (κ1) is 33.5. The van der Waals surface area contributed by atoms with Crippen molar-refractivity contribution in [1.82, 2.24) is 35.1 Å². The number of hydrogen-bond acceptors (Lipinski definition) is 6. The molecule has 3 aliphatic rings. The minimum Gasteiger partial charge on any atom is -0.465 e. The zero-order valence-electron chi connectivity index (χ0n) is 29.6. The highest BCUT2D eigenvalue weighted by molar-refractivity contribution is 5.91. The Balaban J connectivity index is 1.01. The summed E-state index contributed by atoms with van der Waals surface area (Å²) in [5, 5.41) is 14.5. The third-order valence-corrected chi connectivity index (χ3v) is 10.9. The van der Waals surface area contributed by atoms with Gasteiger partial charge in [-0.25, -0.2) is 19.6 Å². The molecule has 12 nitrogen and oxygen atoms in total. The number of aryl methyl sites for hydroxylation is 2. The number of nitrogens with zero attached hydrogens (tertiary/aromatic N) is 4. The Morgan fingerprint density at radius 3 is 2.27 bits per heavy atom. The fourth-order valence-electron chi connectivity index (χ4n) is 8.18. The van der Waals surface area contributed by atoms with Crippen molar-refractivity contribution < 1.29 is 24.2 Å². The second kappa shape index (κ2) is 13.5. The van der Waals surface area contributed by atoms with Crippen LogP contribution in [0.3, 0.4) is 0 Å². The lowest BCUT2D eigenvalue weighted by molar-refractivity contribution is -0.135.